The van der Waals surface area contributed by atoms with E-state index in [0.29, 0.717) is 17.3 Å². The van der Waals surface area contributed by atoms with Gasteiger partial charge in [-0.15, -0.1) is 5.10 Å². The predicted octanol–water partition coefficient (Wildman–Crippen LogP) is 3.93. The lowest BCUT2D eigenvalue weighted by Crippen LogP contribution is -2.52. The average molecular weight is 528 g/mol. The van der Waals surface area contributed by atoms with Crippen LogP contribution in [0, 0.1) is 24.4 Å². The van der Waals surface area contributed by atoms with E-state index in [4.69, 9.17) is 9.47 Å². The molecule has 1 atom stereocenters. The minimum atomic E-state index is -0.755. The highest BCUT2D eigenvalue weighted by molar-refractivity contribution is 5.70. The number of rotatable bonds is 7. The first-order valence-electron chi connectivity index (χ1n) is 12.7. The number of hydrogen-bond acceptors (Lipinski definition) is 7. The Morgan fingerprint density at radius 1 is 1.08 bits per heavy atom. The quantitative estimate of drug-likeness (QED) is 0.360. The fraction of sp³-hybridized carbons (Fsp3) is 0.462. The van der Waals surface area contributed by atoms with Gasteiger partial charge in [-0.05, 0) is 25.8 Å². The Kier molecular flexibility index (Phi) is 6.52. The third-order valence-electron chi connectivity index (χ3n) is 7.51. The summed E-state index contributed by atoms with van der Waals surface area (Å²) in [5, 5.41) is 13.0. The van der Waals surface area contributed by atoms with Crippen LogP contribution in [0.2, 0.25) is 0 Å². The molecule has 6 rings (SSSR count). The van der Waals surface area contributed by atoms with Gasteiger partial charge >= 0.3 is 0 Å². The Morgan fingerprint density at radius 3 is 2.58 bits per heavy atom. The minimum Gasteiger partial charge on any atom is -0.490 e. The van der Waals surface area contributed by atoms with E-state index < -0.39 is 23.4 Å². The molecule has 0 N–H and O–H groups in total. The highest BCUT2D eigenvalue weighted by atomic mass is 19.1. The van der Waals surface area contributed by atoms with Gasteiger partial charge in [0.05, 0.1) is 55.7 Å². The van der Waals surface area contributed by atoms with Crippen LogP contribution in [-0.4, -0.2) is 73.4 Å². The van der Waals surface area contributed by atoms with Gasteiger partial charge in [-0.1, -0.05) is 12.1 Å². The van der Waals surface area contributed by atoms with Gasteiger partial charge < -0.3 is 9.47 Å². The highest BCUT2D eigenvalue weighted by Crippen LogP contribution is 2.33. The standard InChI is InChI=1S/C26H28F3N7O2/c1-15(24-21(28)8-18(27)9-30-24)12-38-23-7-17(11-35-26(23)22(29)10-31-35)25-16(2)36(33-32-25)19-3-5-34(6-4-19)20-13-37-14-20/h7-11,15,19-20H,3-6,12-14H2,1-2H3. The molecule has 2 saturated heterocycles. The fourth-order valence-electron chi connectivity index (χ4n) is 5.25. The molecule has 1 unspecified atom stereocenters. The smallest absolute Gasteiger partial charge is 0.172 e. The number of pyridine rings is 2. The SMILES string of the molecule is Cc1c(-c2cc(OCC(C)c3ncc(F)cc3F)c3c(F)cnn3c2)nnn1C1CCN(C2COC2)CC1. The first-order chi connectivity index (χ1) is 18.4. The molecular formula is C26H28F3N7O2. The maximum Gasteiger partial charge on any atom is 0.172 e. The largest absolute Gasteiger partial charge is 0.490 e. The molecule has 2 aliphatic heterocycles. The summed E-state index contributed by atoms with van der Waals surface area (Å²) >= 11 is 0. The lowest BCUT2D eigenvalue weighted by Gasteiger charge is -2.41. The number of halogens is 3. The molecule has 0 bridgehead atoms. The molecule has 0 amide bonds. The Hall–Kier alpha value is -3.51. The molecule has 2 fully saturated rings. The van der Waals surface area contributed by atoms with E-state index >= 15 is 0 Å². The Balaban J connectivity index is 1.24. The van der Waals surface area contributed by atoms with Crippen LogP contribution in [0.4, 0.5) is 13.2 Å². The van der Waals surface area contributed by atoms with Crippen molar-refractivity contribution in [1.82, 2.24) is 34.5 Å². The maximum atomic E-state index is 14.6. The average Bonchev–Trinajstić information content (AvgIpc) is 3.44. The molecule has 0 spiro atoms. The number of piperidine rings is 1. The fourth-order valence-corrected chi connectivity index (χ4v) is 5.25. The first-order valence-corrected chi connectivity index (χ1v) is 12.7. The Labute approximate surface area is 217 Å². The molecule has 38 heavy (non-hydrogen) atoms. The molecule has 200 valence electrons. The molecule has 4 aromatic heterocycles. The molecule has 9 nitrogen and oxygen atoms in total. The number of ether oxygens (including phenoxy) is 2. The minimum absolute atomic E-state index is 0.00440. The van der Waals surface area contributed by atoms with Crippen LogP contribution < -0.4 is 4.74 Å². The second-order valence-electron chi connectivity index (χ2n) is 10.0. The van der Waals surface area contributed by atoms with Crippen molar-refractivity contribution in [3.63, 3.8) is 0 Å². The van der Waals surface area contributed by atoms with Gasteiger partial charge in [0.15, 0.2) is 5.82 Å². The Bertz CT molecular complexity index is 1460. The van der Waals surface area contributed by atoms with Gasteiger partial charge in [0.2, 0.25) is 0 Å². The van der Waals surface area contributed by atoms with Gasteiger partial charge in [-0.25, -0.2) is 22.4 Å². The van der Waals surface area contributed by atoms with Crippen molar-refractivity contribution in [2.45, 2.75) is 44.7 Å². The normalized spacial score (nSPS) is 18.1. The number of nitrogens with zero attached hydrogens (tertiary/aromatic N) is 7. The summed E-state index contributed by atoms with van der Waals surface area (Å²) in [6, 6.07) is 3.25. The topological polar surface area (TPSA) is 82.6 Å². The summed E-state index contributed by atoms with van der Waals surface area (Å²) in [5.74, 6) is -2.33. The van der Waals surface area contributed by atoms with Crippen molar-refractivity contribution in [3.8, 4) is 17.0 Å². The number of likely N-dealkylation sites (tertiary alicyclic amines) is 1. The van der Waals surface area contributed by atoms with Crippen LogP contribution in [-0.2, 0) is 4.74 Å². The van der Waals surface area contributed by atoms with Crippen molar-refractivity contribution >= 4 is 5.52 Å². The molecule has 0 saturated carbocycles. The maximum absolute atomic E-state index is 14.6. The van der Waals surface area contributed by atoms with Crippen molar-refractivity contribution in [2.75, 3.05) is 32.9 Å². The molecule has 2 aliphatic rings. The summed E-state index contributed by atoms with van der Waals surface area (Å²) in [5.41, 5.74) is 2.45. The van der Waals surface area contributed by atoms with Crippen LogP contribution in [0.25, 0.3) is 16.8 Å². The molecule has 0 aromatic carbocycles. The number of fused-ring (bicyclic) bond motifs is 1. The molecule has 0 radical (unpaired) electrons. The summed E-state index contributed by atoms with van der Waals surface area (Å²) in [6.07, 6.45) is 5.72. The van der Waals surface area contributed by atoms with Crippen molar-refractivity contribution in [3.05, 3.63) is 59.6 Å². The van der Waals surface area contributed by atoms with Gasteiger partial charge in [0.25, 0.3) is 0 Å². The van der Waals surface area contributed by atoms with E-state index in [1.165, 1.54) is 4.52 Å². The summed E-state index contributed by atoms with van der Waals surface area (Å²) in [7, 11) is 0. The number of hydrogen-bond donors (Lipinski definition) is 0. The second kappa shape index (κ2) is 9.99. The van der Waals surface area contributed by atoms with Crippen LogP contribution in [0.1, 0.15) is 43.1 Å². The Morgan fingerprint density at radius 2 is 1.87 bits per heavy atom. The third-order valence-corrected chi connectivity index (χ3v) is 7.51. The van der Waals surface area contributed by atoms with E-state index in [1.807, 2.05) is 11.6 Å². The molecule has 4 aromatic rings. The van der Waals surface area contributed by atoms with Gasteiger partial charge in [0.1, 0.15) is 28.6 Å². The first kappa shape index (κ1) is 24.8. The lowest BCUT2D eigenvalue weighted by atomic mass is 10.0. The zero-order chi connectivity index (χ0) is 26.4. The van der Waals surface area contributed by atoms with E-state index in [9.17, 15) is 13.2 Å². The van der Waals surface area contributed by atoms with Crippen LogP contribution in [0.15, 0.2) is 30.7 Å². The third kappa shape index (κ3) is 4.51. The zero-order valence-corrected chi connectivity index (χ0v) is 21.1. The van der Waals surface area contributed by atoms with E-state index in [1.54, 1.807) is 19.2 Å². The van der Waals surface area contributed by atoms with Gasteiger partial charge in [0, 0.05) is 36.8 Å². The van der Waals surface area contributed by atoms with Crippen LogP contribution in [0.3, 0.4) is 0 Å². The van der Waals surface area contributed by atoms with Gasteiger partial charge in [-0.3, -0.25) is 9.88 Å². The molecule has 0 aliphatic carbocycles. The van der Waals surface area contributed by atoms with E-state index in [0.717, 1.165) is 63.3 Å². The van der Waals surface area contributed by atoms with Crippen molar-refractivity contribution in [2.24, 2.45) is 0 Å². The molecule has 12 heteroatoms. The summed E-state index contributed by atoms with van der Waals surface area (Å²) in [4.78, 5) is 6.33. The highest BCUT2D eigenvalue weighted by Gasteiger charge is 2.31. The van der Waals surface area contributed by atoms with E-state index in [2.05, 4.69) is 25.3 Å². The second-order valence-corrected chi connectivity index (χ2v) is 10.0. The lowest BCUT2D eigenvalue weighted by molar-refractivity contribution is -0.0735. The summed E-state index contributed by atoms with van der Waals surface area (Å²) in [6.45, 7) is 7.28. The van der Waals surface area contributed by atoms with E-state index in [-0.39, 0.29) is 29.6 Å². The van der Waals surface area contributed by atoms with Gasteiger partial charge in [-0.2, -0.15) is 5.10 Å². The van der Waals surface area contributed by atoms with Crippen LogP contribution >= 0.6 is 0 Å². The van der Waals surface area contributed by atoms with Crippen molar-refractivity contribution in [1.29, 1.82) is 0 Å². The number of aromatic nitrogens is 6. The zero-order valence-electron chi connectivity index (χ0n) is 21.1. The monoisotopic (exact) mass is 527 g/mol. The molecule has 6 heterocycles. The van der Waals surface area contributed by atoms with Crippen molar-refractivity contribution < 1.29 is 22.6 Å². The predicted molar refractivity (Wildman–Crippen MR) is 131 cm³/mol. The molecular weight excluding hydrogens is 499 g/mol. The summed E-state index contributed by atoms with van der Waals surface area (Å²) < 4.78 is 56.8. The van der Waals surface area contributed by atoms with Crippen LogP contribution in [0.5, 0.6) is 5.75 Å².